The molecule has 0 N–H and O–H groups in total. The second-order valence-corrected chi connectivity index (χ2v) is 8.83. The van der Waals surface area contributed by atoms with Crippen LogP contribution in [-0.2, 0) is 0 Å². The Morgan fingerprint density at radius 3 is 2.80 bits per heavy atom. The summed E-state index contributed by atoms with van der Waals surface area (Å²) in [7, 11) is 0. The van der Waals surface area contributed by atoms with Gasteiger partial charge in [-0.1, -0.05) is 35.9 Å². The lowest BCUT2D eigenvalue weighted by Crippen LogP contribution is -2.18. The third-order valence-electron chi connectivity index (χ3n) is 6.87. The highest BCUT2D eigenvalue weighted by atomic mass is 19.3. The van der Waals surface area contributed by atoms with Crippen LogP contribution in [0.2, 0.25) is 0 Å². The molecule has 1 atom stereocenters. The minimum atomic E-state index is -2.66. The van der Waals surface area contributed by atoms with Crippen LogP contribution in [0.3, 0.4) is 0 Å². The predicted octanol–water partition coefficient (Wildman–Crippen LogP) is 6.16. The number of anilines is 1. The van der Waals surface area contributed by atoms with Gasteiger partial charge in [0.2, 0.25) is 0 Å². The van der Waals surface area contributed by atoms with Crippen LogP contribution >= 0.6 is 0 Å². The van der Waals surface area contributed by atoms with Crippen molar-refractivity contribution in [1.29, 1.82) is 0 Å². The highest BCUT2D eigenvalue weighted by Crippen LogP contribution is 2.59. The number of hydrazone groups is 1. The number of carbonyl (C=O) groups is 1. The Morgan fingerprint density at radius 2 is 2.07 bits per heavy atom. The van der Waals surface area contributed by atoms with Crippen LogP contribution in [0.4, 0.5) is 14.5 Å². The molecule has 0 spiro atoms. The molecule has 0 saturated heterocycles. The molecule has 3 nitrogen and oxygen atoms in total. The third kappa shape index (κ3) is 2.47. The maximum atomic E-state index is 14.1. The summed E-state index contributed by atoms with van der Waals surface area (Å²) in [5, 5.41) is 8.06. The zero-order valence-electron chi connectivity index (χ0n) is 16.8. The lowest BCUT2D eigenvalue weighted by molar-refractivity contribution is 0.0991. The second kappa shape index (κ2) is 6.10. The van der Waals surface area contributed by atoms with Gasteiger partial charge < -0.3 is 0 Å². The molecule has 2 aromatic carbocycles. The number of Topliss-reactive ketones (excluding diaryl/α,β-unsaturated/α-hetero) is 1. The molecule has 30 heavy (non-hydrogen) atoms. The van der Waals surface area contributed by atoms with E-state index in [1.54, 1.807) is 0 Å². The average molecular weight is 404 g/mol. The molecule has 6 rings (SSSR count). The fraction of sp³-hybridized carbons (Fsp3) is 0.360. The number of halogens is 2. The summed E-state index contributed by atoms with van der Waals surface area (Å²) >= 11 is 0. The number of alkyl halides is 2. The van der Waals surface area contributed by atoms with Crippen molar-refractivity contribution in [2.24, 2.45) is 5.10 Å². The monoisotopic (exact) mass is 404 g/mol. The van der Waals surface area contributed by atoms with E-state index in [4.69, 9.17) is 0 Å². The first-order valence-corrected chi connectivity index (χ1v) is 10.7. The molecule has 1 fully saturated rings. The van der Waals surface area contributed by atoms with E-state index in [0.29, 0.717) is 18.5 Å². The number of allylic oxidation sites excluding steroid dienone is 4. The van der Waals surface area contributed by atoms with E-state index in [2.05, 4.69) is 17.3 Å². The molecule has 0 radical (unpaired) electrons. The normalized spacial score (nSPS) is 23.9. The summed E-state index contributed by atoms with van der Waals surface area (Å²) in [4.78, 5) is 13.3. The summed E-state index contributed by atoms with van der Waals surface area (Å²) in [6.45, 7) is 2.62. The van der Waals surface area contributed by atoms with Crippen LogP contribution in [0.5, 0.6) is 0 Å². The van der Waals surface area contributed by atoms with Crippen molar-refractivity contribution < 1.29 is 13.6 Å². The molecule has 2 aromatic rings. The molecule has 1 heterocycles. The van der Waals surface area contributed by atoms with Crippen molar-refractivity contribution in [2.75, 3.05) is 11.6 Å². The quantitative estimate of drug-likeness (QED) is 0.601. The molecule has 1 aliphatic heterocycles. The second-order valence-electron chi connectivity index (χ2n) is 8.83. The van der Waals surface area contributed by atoms with Crippen molar-refractivity contribution in [3.05, 3.63) is 58.2 Å². The summed E-state index contributed by atoms with van der Waals surface area (Å²) in [5.41, 5.74) is 6.40. The number of ketones is 1. The molecule has 3 aliphatic carbocycles. The van der Waals surface area contributed by atoms with Gasteiger partial charge in [0.25, 0.3) is 5.92 Å². The van der Waals surface area contributed by atoms with E-state index in [1.807, 2.05) is 36.3 Å². The van der Waals surface area contributed by atoms with Crippen LogP contribution in [-0.4, -0.2) is 24.5 Å². The molecule has 4 aliphatic rings. The SMILES string of the molecule is Cc1cc([C@@H]2CC2(F)F)c(N2CCC=N2)c2ccc3c(c12)C(=O)CC1=C3C=CCC1. The minimum absolute atomic E-state index is 0.118. The van der Waals surface area contributed by atoms with Crippen LogP contribution in [0.15, 0.2) is 41.0 Å². The first-order valence-electron chi connectivity index (χ1n) is 10.7. The van der Waals surface area contributed by atoms with E-state index in [1.165, 1.54) is 5.57 Å². The number of nitrogens with zero attached hydrogens (tertiary/aromatic N) is 2. The maximum absolute atomic E-state index is 14.1. The Hall–Kier alpha value is -2.82. The van der Waals surface area contributed by atoms with Crippen LogP contribution in [0, 0.1) is 6.92 Å². The molecule has 0 aromatic heterocycles. The third-order valence-corrected chi connectivity index (χ3v) is 6.87. The first kappa shape index (κ1) is 18.0. The van der Waals surface area contributed by atoms with Gasteiger partial charge in [-0.25, -0.2) is 8.78 Å². The highest BCUT2D eigenvalue weighted by Gasteiger charge is 2.58. The molecule has 0 bridgehead atoms. The van der Waals surface area contributed by atoms with Gasteiger partial charge in [0.1, 0.15) is 0 Å². The summed E-state index contributed by atoms with van der Waals surface area (Å²) in [6, 6.07) is 5.91. The Labute approximate surface area is 173 Å². The van der Waals surface area contributed by atoms with E-state index in [9.17, 15) is 13.6 Å². The van der Waals surface area contributed by atoms with Crippen molar-refractivity contribution in [3.8, 4) is 0 Å². The molecule has 0 amide bonds. The smallest absolute Gasteiger partial charge is 0.256 e. The number of benzene rings is 2. The van der Waals surface area contributed by atoms with Crippen molar-refractivity contribution in [3.63, 3.8) is 0 Å². The van der Waals surface area contributed by atoms with Gasteiger partial charge >= 0.3 is 0 Å². The fourth-order valence-corrected chi connectivity index (χ4v) is 5.38. The van der Waals surface area contributed by atoms with Crippen molar-refractivity contribution >= 4 is 34.0 Å². The van der Waals surface area contributed by atoms with Crippen LogP contribution < -0.4 is 5.01 Å². The zero-order chi connectivity index (χ0) is 20.6. The Balaban J connectivity index is 1.66. The lowest BCUT2D eigenvalue weighted by Gasteiger charge is -2.27. The maximum Gasteiger partial charge on any atom is 0.256 e. The summed E-state index contributed by atoms with van der Waals surface area (Å²) in [6.07, 6.45) is 9.16. The Bertz CT molecular complexity index is 1220. The summed E-state index contributed by atoms with van der Waals surface area (Å²) < 4.78 is 28.2. The van der Waals surface area contributed by atoms with Crippen LogP contribution in [0.1, 0.15) is 65.1 Å². The van der Waals surface area contributed by atoms with Gasteiger partial charge in [-0.2, -0.15) is 5.10 Å². The number of hydrogen-bond donors (Lipinski definition) is 0. The van der Waals surface area contributed by atoms with E-state index in [-0.39, 0.29) is 12.2 Å². The van der Waals surface area contributed by atoms with Gasteiger partial charge in [0, 0.05) is 43.0 Å². The van der Waals surface area contributed by atoms with Gasteiger partial charge in [-0.05, 0) is 47.4 Å². The molecular weight excluding hydrogens is 382 g/mol. The standard InChI is InChI=1S/C25H22F2N2O/c1-14-11-19(20-13-25(20,26)27)24(29-10-4-9-28-29)18-8-7-17-16-6-3-2-5-15(16)12-21(30)23(17)22(14)18/h3,6-9,11,20H,2,4-5,10,12-13H2,1H3/t20-/m0/s1. The zero-order valence-corrected chi connectivity index (χ0v) is 16.8. The van der Waals surface area contributed by atoms with E-state index < -0.39 is 11.8 Å². The van der Waals surface area contributed by atoms with Gasteiger partial charge in [-0.3, -0.25) is 9.80 Å². The number of aryl methyl sites for hydroxylation is 1. The predicted molar refractivity (Wildman–Crippen MR) is 116 cm³/mol. The highest BCUT2D eigenvalue weighted by molar-refractivity contribution is 6.18. The molecule has 0 unspecified atom stereocenters. The molecule has 1 saturated carbocycles. The molecule has 5 heteroatoms. The van der Waals surface area contributed by atoms with E-state index in [0.717, 1.165) is 58.0 Å². The topological polar surface area (TPSA) is 32.7 Å². The molecular formula is C25H22F2N2O. The van der Waals surface area contributed by atoms with Crippen LogP contribution in [0.25, 0.3) is 16.3 Å². The number of hydrogen-bond acceptors (Lipinski definition) is 3. The summed E-state index contributed by atoms with van der Waals surface area (Å²) in [5.74, 6) is -3.29. The largest absolute Gasteiger partial charge is 0.294 e. The number of fused-ring (bicyclic) bond motifs is 4. The van der Waals surface area contributed by atoms with E-state index >= 15 is 0 Å². The minimum Gasteiger partial charge on any atom is -0.294 e. The van der Waals surface area contributed by atoms with Crippen molar-refractivity contribution in [2.45, 2.75) is 50.9 Å². The average Bonchev–Trinajstić information content (AvgIpc) is 3.11. The van der Waals surface area contributed by atoms with Gasteiger partial charge in [0.05, 0.1) is 11.6 Å². The van der Waals surface area contributed by atoms with Gasteiger partial charge in [0.15, 0.2) is 5.78 Å². The fourth-order valence-electron chi connectivity index (χ4n) is 5.38. The van der Waals surface area contributed by atoms with Gasteiger partial charge in [-0.15, -0.1) is 0 Å². The first-order chi connectivity index (χ1) is 14.5. The Kier molecular flexibility index (Phi) is 3.66. The Morgan fingerprint density at radius 1 is 1.23 bits per heavy atom. The lowest BCUT2D eigenvalue weighted by atomic mass is 9.77. The van der Waals surface area contributed by atoms with Crippen molar-refractivity contribution in [1.82, 2.24) is 0 Å². The number of rotatable bonds is 2. The number of carbonyl (C=O) groups excluding carboxylic acids is 1. The molecule has 152 valence electrons.